The summed E-state index contributed by atoms with van der Waals surface area (Å²) in [5.74, 6) is -0.444. The van der Waals surface area contributed by atoms with Crippen LogP contribution in [0.4, 0.5) is 4.79 Å². The lowest BCUT2D eigenvalue weighted by atomic mass is 10.2. The summed E-state index contributed by atoms with van der Waals surface area (Å²) in [5, 5.41) is 2.67. The van der Waals surface area contributed by atoms with Gasteiger partial charge < -0.3 is 19.5 Å². The number of esters is 1. The van der Waals surface area contributed by atoms with E-state index in [1.54, 1.807) is 40.9 Å². The van der Waals surface area contributed by atoms with Crippen LogP contribution in [0, 0.1) is 0 Å². The highest BCUT2D eigenvalue weighted by Crippen LogP contribution is 2.07. The molecule has 1 N–H and O–H groups in total. The van der Waals surface area contributed by atoms with E-state index in [1.807, 2.05) is 0 Å². The lowest BCUT2D eigenvalue weighted by molar-refractivity contribution is -0.137. The Hall–Kier alpha value is -1.56. The topological polar surface area (TPSA) is 73.9 Å². The summed E-state index contributed by atoms with van der Waals surface area (Å²) >= 11 is 0. The number of hydrogen-bond donors (Lipinski definition) is 1. The molecule has 0 aliphatic rings. The number of carbonyl (C=O) groups excluding carboxylic acids is 2. The molecule has 0 aromatic carbocycles. The van der Waals surface area contributed by atoms with Crippen LogP contribution < -0.4 is 5.32 Å². The van der Waals surface area contributed by atoms with Gasteiger partial charge in [-0.2, -0.15) is 0 Å². The van der Waals surface area contributed by atoms with Crippen LogP contribution in [0.5, 0.6) is 0 Å². The van der Waals surface area contributed by atoms with Crippen LogP contribution in [-0.2, 0) is 19.0 Å². The summed E-state index contributed by atoms with van der Waals surface area (Å²) in [6.45, 7) is 7.84. The first-order valence-electron chi connectivity index (χ1n) is 6.62. The van der Waals surface area contributed by atoms with Crippen molar-refractivity contribution in [2.24, 2.45) is 0 Å². The van der Waals surface area contributed by atoms with Gasteiger partial charge in [-0.25, -0.2) is 9.59 Å². The molecule has 0 rings (SSSR count). The third-order valence-corrected chi connectivity index (χ3v) is 2.09. The molecule has 0 aliphatic carbocycles. The summed E-state index contributed by atoms with van der Waals surface area (Å²) in [6, 6.07) is -0.353. The maximum Gasteiger partial charge on any atom is 0.408 e. The summed E-state index contributed by atoms with van der Waals surface area (Å²) < 4.78 is 14.9. The van der Waals surface area contributed by atoms with Crippen LogP contribution in [0.25, 0.3) is 0 Å². The van der Waals surface area contributed by atoms with Crippen molar-refractivity contribution < 1.29 is 23.8 Å². The molecule has 0 aromatic heterocycles. The molecule has 0 heterocycles. The third kappa shape index (κ3) is 10.4. The highest BCUT2D eigenvalue weighted by molar-refractivity contribution is 5.82. The van der Waals surface area contributed by atoms with Gasteiger partial charge in [-0.1, -0.05) is 6.08 Å². The average molecular weight is 287 g/mol. The first kappa shape index (κ1) is 18.4. The molecule has 0 fully saturated rings. The smallest absolute Gasteiger partial charge is 0.408 e. The van der Waals surface area contributed by atoms with Crippen molar-refractivity contribution in [3.8, 4) is 0 Å². The van der Waals surface area contributed by atoms with E-state index in [-0.39, 0.29) is 6.04 Å². The molecule has 0 radical (unpaired) electrons. The van der Waals surface area contributed by atoms with Gasteiger partial charge in [-0.15, -0.1) is 0 Å². The molecule has 0 saturated heterocycles. The zero-order valence-electron chi connectivity index (χ0n) is 12.9. The first-order chi connectivity index (χ1) is 9.28. The van der Waals surface area contributed by atoms with E-state index in [4.69, 9.17) is 14.2 Å². The van der Waals surface area contributed by atoms with Crippen molar-refractivity contribution in [2.75, 3.05) is 20.3 Å². The molecular weight excluding hydrogens is 262 g/mol. The van der Waals surface area contributed by atoms with Crippen molar-refractivity contribution in [3.05, 3.63) is 12.2 Å². The van der Waals surface area contributed by atoms with Crippen LogP contribution in [0.1, 0.15) is 34.1 Å². The van der Waals surface area contributed by atoms with Crippen molar-refractivity contribution in [2.45, 2.75) is 45.8 Å². The van der Waals surface area contributed by atoms with Crippen molar-refractivity contribution in [1.29, 1.82) is 0 Å². The summed E-state index contributed by atoms with van der Waals surface area (Å²) in [7, 11) is 1.57. The van der Waals surface area contributed by atoms with Gasteiger partial charge >= 0.3 is 12.1 Å². The third-order valence-electron chi connectivity index (χ3n) is 2.09. The Morgan fingerprint density at radius 1 is 1.30 bits per heavy atom. The zero-order valence-corrected chi connectivity index (χ0v) is 12.9. The van der Waals surface area contributed by atoms with Crippen LogP contribution in [0.15, 0.2) is 12.2 Å². The normalized spacial score (nSPS) is 13.1. The lowest BCUT2D eigenvalue weighted by Crippen LogP contribution is -2.38. The standard InChI is InChI=1S/C14H25NO5/c1-6-19-12(16)8-7-11(9-10-18-5)15-13(17)20-14(2,3)4/h7-8,11H,6,9-10H2,1-5H3,(H,15,17)/b8-7+/t11-/m1/s1. The number of ether oxygens (including phenoxy) is 3. The van der Waals surface area contributed by atoms with Gasteiger partial charge in [0.05, 0.1) is 12.6 Å². The van der Waals surface area contributed by atoms with E-state index in [9.17, 15) is 9.59 Å². The van der Waals surface area contributed by atoms with Crippen LogP contribution in [0.2, 0.25) is 0 Å². The molecule has 0 unspecified atom stereocenters. The van der Waals surface area contributed by atoms with Gasteiger partial charge in [0.2, 0.25) is 0 Å². The van der Waals surface area contributed by atoms with Crippen LogP contribution >= 0.6 is 0 Å². The maximum atomic E-state index is 11.7. The number of methoxy groups -OCH3 is 1. The van der Waals surface area contributed by atoms with E-state index in [0.29, 0.717) is 19.6 Å². The van der Waals surface area contributed by atoms with Crippen LogP contribution in [-0.4, -0.2) is 44.0 Å². The summed E-state index contributed by atoms with van der Waals surface area (Å²) in [4.78, 5) is 22.9. The molecule has 0 bridgehead atoms. The van der Waals surface area contributed by atoms with Gasteiger partial charge in [0.15, 0.2) is 0 Å². The highest BCUT2D eigenvalue weighted by Gasteiger charge is 2.18. The molecule has 0 saturated carbocycles. The number of nitrogens with one attached hydrogen (secondary N) is 1. The van der Waals surface area contributed by atoms with Crippen LogP contribution in [0.3, 0.4) is 0 Å². The minimum absolute atomic E-state index is 0.311. The minimum atomic E-state index is -0.569. The Balaban J connectivity index is 4.48. The van der Waals surface area contributed by atoms with Gasteiger partial charge in [-0.3, -0.25) is 0 Å². The molecule has 0 aliphatic heterocycles. The number of rotatable bonds is 7. The number of alkyl carbamates (subject to hydrolysis) is 1. The Kier molecular flexibility index (Phi) is 8.63. The molecule has 1 atom stereocenters. The number of amides is 1. The molecule has 6 heteroatoms. The zero-order chi connectivity index (χ0) is 15.6. The predicted octanol–water partition coefficient (Wildman–Crippen LogP) is 2.04. The minimum Gasteiger partial charge on any atom is -0.463 e. The maximum absolute atomic E-state index is 11.7. The van der Waals surface area contributed by atoms with E-state index in [0.717, 1.165) is 0 Å². The van der Waals surface area contributed by atoms with Gasteiger partial charge in [-0.05, 0) is 34.1 Å². The van der Waals surface area contributed by atoms with Crippen molar-refractivity contribution >= 4 is 12.1 Å². The predicted molar refractivity (Wildman–Crippen MR) is 75.4 cm³/mol. The monoisotopic (exact) mass is 287 g/mol. The second kappa shape index (κ2) is 9.36. The second-order valence-electron chi connectivity index (χ2n) is 5.15. The Morgan fingerprint density at radius 3 is 2.45 bits per heavy atom. The van der Waals surface area contributed by atoms with Crippen molar-refractivity contribution in [3.63, 3.8) is 0 Å². The average Bonchev–Trinajstić information content (AvgIpc) is 2.30. The number of hydrogen-bond acceptors (Lipinski definition) is 5. The molecule has 1 amide bonds. The largest absolute Gasteiger partial charge is 0.463 e. The molecule has 0 spiro atoms. The second-order valence-corrected chi connectivity index (χ2v) is 5.15. The SMILES string of the molecule is CCOC(=O)/C=C/[C@H](CCOC)NC(=O)OC(C)(C)C. The summed E-state index contributed by atoms with van der Waals surface area (Å²) in [5.41, 5.74) is -0.569. The van der Waals surface area contributed by atoms with Gasteiger partial charge in [0, 0.05) is 19.8 Å². The van der Waals surface area contributed by atoms with E-state index in [1.165, 1.54) is 6.08 Å². The van der Waals surface area contributed by atoms with Crippen molar-refractivity contribution in [1.82, 2.24) is 5.32 Å². The highest BCUT2D eigenvalue weighted by atomic mass is 16.6. The quantitative estimate of drug-likeness (QED) is 0.573. The molecule has 0 aromatic rings. The van der Waals surface area contributed by atoms with E-state index < -0.39 is 17.7 Å². The Bertz CT molecular complexity index is 333. The lowest BCUT2D eigenvalue weighted by Gasteiger charge is -2.22. The van der Waals surface area contributed by atoms with E-state index in [2.05, 4.69) is 5.32 Å². The Labute approximate surface area is 120 Å². The Morgan fingerprint density at radius 2 is 1.95 bits per heavy atom. The summed E-state index contributed by atoms with van der Waals surface area (Å²) in [6.07, 6.45) is 2.86. The fourth-order valence-electron chi connectivity index (χ4n) is 1.31. The number of carbonyl (C=O) groups is 2. The first-order valence-corrected chi connectivity index (χ1v) is 6.62. The fourth-order valence-corrected chi connectivity index (χ4v) is 1.31. The molecular formula is C14H25NO5. The fraction of sp³-hybridized carbons (Fsp3) is 0.714. The van der Waals surface area contributed by atoms with Gasteiger partial charge in [0.25, 0.3) is 0 Å². The van der Waals surface area contributed by atoms with Gasteiger partial charge in [0.1, 0.15) is 5.60 Å². The molecule has 6 nitrogen and oxygen atoms in total. The van der Waals surface area contributed by atoms with E-state index >= 15 is 0 Å². The molecule has 20 heavy (non-hydrogen) atoms. The molecule has 116 valence electrons.